The van der Waals surface area contributed by atoms with Crippen molar-refractivity contribution in [3.05, 3.63) is 44.9 Å². The molecule has 94 valence electrons. The number of hydrogen-bond donors (Lipinski definition) is 1. The molecule has 0 bridgehead atoms. The fraction of sp³-hybridized carbons (Fsp3) is 0.385. The van der Waals surface area contributed by atoms with Crippen molar-refractivity contribution in [1.29, 1.82) is 0 Å². The van der Waals surface area contributed by atoms with E-state index in [1.807, 2.05) is 19.1 Å². The van der Waals surface area contributed by atoms with E-state index in [9.17, 15) is 0 Å². The van der Waals surface area contributed by atoms with Crippen LogP contribution in [0.4, 0.5) is 0 Å². The fourth-order valence-electron chi connectivity index (χ4n) is 1.54. The third kappa shape index (κ3) is 4.18. The molecule has 1 aromatic rings. The van der Waals surface area contributed by atoms with Gasteiger partial charge in [0.1, 0.15) is 0 Å². The van der Waals surface area contributed by atoms with Crippen LogP contribution in [0, 0.1) is 0 Å². The van der Waals surface area contributed by atoms with Crippen LogP contribution in [0.25, 0.3) is 0 Å². The van der Waals surface area contributed by atoms with Gasteiger partial charge in [0.2, 0.25) is 0 Å². The van der Waals surface area contributed by atoms with Crippen LogP contribution in [0.2, 0.25) is 15.1 Å². The normalized spacial score (nSPS) is 13.2. The van der Waals surface area contributed by atoms with Gasteiger partial charge in [0.25, 0.3) is 0 Å². The van der Waals surface area contributed by atoms with E-state index >= 15 is 0 Å². The van der Waals surface area contributed by atoms with Gasteiger partial charge in [-0.25, -0.2) is 0 Å². The van der Waals surface area contributed by atoms with Crippen LogP contribution in [0.15, 0.2) is 24.3 Å². The topological polar surface area (TPSA) is 12.0 Å². The third-order valence-electron chi connectivity index (χ3n) is 2.53. The number of halogens is 3. The summed E-state index contributed by atoms with van der Waals surface area (Å²) in [6.07, 6.45) is 5.16. The Kier molecular flexibility index (Phi) is 6.35. The average molecular weight is 293 g/mol. The van der Waals surface area contributed by atoms with Crippen LogP contribution in [0.5, 0.6) is 0 Å². The van der Waals surface area contributed by atoms with Gasteiger partial charge in [-0.05, 0) is 38.4 Å². The third-order valence-corrected chi connectivity index (χ3v) is 3.84. The van der Waals surface area contributed by atoms with Crippen molar-refractivity contribution < 1.29 is 0 Å². The van der Waals surface area contributed by atoms with E-state index < -0.39 is 0 Å². The van der Waals surface area contributed by atoms with Crippen molar-refractivity contribution in [2.45, 2.75) is 26.3 Å². The van der Waals surface area contributed by atoms with Crippen LogP contribution >= 0.6 is 34.8 Å². The Morgan fingerprint density at radius 1 is 1.24 bits per heavy atom. The highest BCUT2D eigenvalue weighted by molar-refractivity contribution is 6.48. The summed E-state index contributed by atoms with van der Waals surface area (Å²) in [5.74, 6) is 0. The number of benzene rings is 1. The van der Waals surface area contributed by atoms with E-state index in [4.69, 9.17) is 34.8 Å². The van der Waals surface area contributed by atoms with E-state index in [0.717, 1.165) is 18.5 Å². The summed E-state index contributed by atoms with van der Waals surface area (Å²) in [5.41, 5.74) is 0.974. The monoisotopic (exact) mass is 291 g/mol. The van der Waals surface area contributed by atoms with E-state index in [0.29, 0.717) is 15.1 Å². The van der Waals surface area contributed by atoms with Gasteiger partial charge in [-0.3, -0.25) is 0 Å². The summed E-state index contributed by atoms with van der Waals surface area (Å²) in [6.45, 7) is 4.97. The van der Waals surface area contributed by atoms with Gasteiger partial charge in [0.05, 0.1) is 15.1 Å². The predicted molar refractivity (Wildman–Crippen MR) is 77.3 cm³/mol. The van der Waals surface area contributed by atoms with Crippen LogP contribution in [0.1, 0.15) is 31.9 Å². The minimum atomic E-state index is 0.155. The number of hydrogen-bond acceptors (Lipinski definition) is 1. The first-order valence-electron chi connectivity index (χ1n) is 5.55. The van der Waals surface area contributed by atoms with Gasteiger partial charge >= 0.3 is 0 Å². The molecule has 0 saturated heterocycles. The maximum Gasteiger partial charge on any atom is 0.0781 e. The van der Waals surface area contributed by atoms with Crippen LogP contribution in [-0.4, -0.2) is 6.54 Å². The average Bonchev–Trinajstić information content (AvgIpc) is 2.31. The molecule has 1 unspecified atom stereocenters. The summed E-state index contributed by atoms with van der Waals surface area (Å²) in [4.78, 5) is 0. The lowest BCUT2D eigenvalue weighted by molar-refractivity contribution is 0.581. The highest BCUT2D eigenvalue weighted by Gasteiger charge is 2.13. The Morgan fingerprint density at radius 2 is 1.94 bits per heavy atom. The molecule has 1 atom stereocenters. The maximum atomic E-state index is 6.16. The molecule has 0 fully saturated rings. The summed E-state index contributed by atoms with van der Waals surface area (Å²) in [5, 5.41) is 4.83. The Hall–Kier alpha value is -0.210. The molecule has 1 aromatic carbocycles. The highest BCUT2D eigenvalue weighted by Crippen LogP contribution is 2.35. The van der Waals surface area contributed by atoms with Gasteiger partial charge < -0.3 is 5.32 Å². The highest BCUT2D eigenvalue weighted by atomic mass is 35.5. The zero-order chi connectivity index (χ0) is 12.8. The van der Waals surface area contributed by atoms with Crippen molar-refractivity contribution in [3.63, 3.8) is 0 Å². The smallest absolute Gasteiger partial charge is 0.0781 e. The summed E-state index contributed by atoms with van der Waals surface area (Å²) in [7, 11) is 0. The Morgan fingerprint density at radius 3 is 2.59 bits per heavy atom. The van der Waals surface area contributed by atoms with E-state index in [1.165, 1.54) is 0 Å². The lowest BCUT2D eigenvalue weighted by Gasteiger charge is -2.16. The van der Waals surface area contributed by atoms with E-state index in [1.54, 1.807) is 6.07 Å². The minimum Gasteiger partial charge on any atom is -0.310 e. The van der Waals surface area contributed by atoms with Crippen molar-refractivity contribution in [1.82, 2.24) is 5.32 Å². The number of rotatable bonds is 5. The second kappa shape index (κ2) is 7.27. The molecule has 1 N–H and O–H groups in total. The van der Waals surface area contributed by atoms with Crippen molar-refractivity contribution >= 4 is 34.8 Å². The molecule has 1 rings (SSSR count). The summed E-state index contributed by atoms with van der Waals surface area (Å²) >= 11 is 18.1. The largest absolute Gasteiger partial charge is 0.310 e. The molecule has 0 amide bonds. The van der Waals surface area contributed by atoms with Crippen molar-refractivity contribution in [3.8, 4) is 0 Å². The maximum absolute atomic E-state index is 6.16. The molecular weight excluding hydrogens is 277 g/mol. The van der Waals surface area contributed by atoms with Crippen LogP contribution in [-0.2, 0) is 0 Å². The lowest BCUT2D eigenvalue weighted by Crippen LogP contribution is -2.19. The van der Waals surface area contributed by atoms with E-state index in [2.05, 4.69) is 18.3 Å². The Bertz CT molecular complexity index is 402. The lowest BCUT2D eigenvalue weighted by atomic mass is 10.1. The van der Waals surface area contributed by atoms with Crippen molar-refractivity contribution in [2.24, 2.45) is 0 Å². The molecule has 0 radical (unpaired) electrons. The zero-order valence-electron chi connectivity index (χ0n) is 9.93. The van der Waals surface area contributed by atoms with Gasteiger partial charge in [0.15, 0.2) is 0 Å². The van der Waals surface area contributed by atoms with Gasteiger partial charge in [0, 0.05) is 6.04 Å². The van der Waals surface area contributed by atoms with Crippen LogP contribution < -0.4 is 5.32 Å². The first-order chi connectivity index (χ1) is 8.07. The summed E-state index contributed by atoms with van der Waals surface area (Å²) < 4.78 is 0. The SMILES string of the molecule is C/C=C/CCNC(C)c1ccc(Cl)c(Cl)c1Cl. The van der Waals surface area contributed by atoms with Gasteiger partial charge in [-0.2, -0.15) is 0 Å². The van der Waals surface area contributed by atoms with Crippen molar-refractivity contribution in [2.75, 3.05) is 6.54 Å². The molecular formula is C13H16Cl3N. The quantitative estimate of drug-likeness (QED) is 0.443. The standard InChI is InChI=1S/C13H16Cl3N/c1-3-4-5-8-17-9(2)10-6-7-11(14)13(16)12(10)15/h3-4,6-7,9,17H,5,8H2,1-2H3/b4-3+. The number of allylic oxidation sites excluding steroid dienone is 1. The molecule has 0 aliphatic heterocycles. The molecule has 17 heavy (non-hydrogen) atoms. The van der Waals surface area contributed by atoms with Gasteiger partial charge in [-0.1, -0.05) is 53.0 Å². The minimum absolute atomic E-state index is 0.155. The first-order valence-corrected chi connectivity index (χ1v) is 6.69. The molecule has 4 heteroatoms. The molecule has 0 aliphatic carbocycles. The Labute approximate surface area is 118 Å². The second-order valence-electron chi connectivity index (χ2n) is 3.80. The molecule has 0 aromatic heterocycles. The van der Waals surface area contributed by atoms with Gasteiger partial charge in [-0.15, -0.1) is 0 Å². The Balaban J connectivity index is 2.69. The first kappa shape index (κ1) is 14.8. The molecule has 0 saturated carbocycles. The molecule has 0 spiro atoms. The zero-order valence-corrected chi connectivity index (χ0v) is 12.2. The molecule has 0 aliphatic rings. The van der Waals surface area contributed by atoms with Crippen LogP contribution in [0.3, 0.4) is 0 Å². The molecule has 1 nitrogen and oxygen atoms in total. The second-order valence-corrected chi connectivity index (χ2v) is 4.96. The van der Waals surface area contributed by atoms with E-state index in [-0.39, 0.29) is 6.04 Å². The summed E-state index contributed by atoms with van der Waals surface area (Å²) in [6, 6.07) is 3.83. The fourth-order valence-corrected chi connectivity index (χ4v) is 2.24. The predicted octanol–water partition coefficient (Wildman–Crippen LogP) is 5.26. The number of nitrogens with one attached hydrogen (secondary N) is 1. The molecule has 0 heterocycles.